The second kappa shape index (κ2) is 7.88. The maximum Gasteiger partial charge on any atom is 0.120 e. The van der Waals surface area contributed by atoms with Crippen LogP contribution in [0.3, 0.4) is 0 Å². The first-order chi connectivity index (χ1) is 8.92. The molecule has 0 aliphatic carbocycles. The standard InChI is InChI=1S/C15H24BrNO2/c1-15(2,3)17-8-10-19-9-7-12-5-6-13(18-4)11-14(12)16/h5-6,11,17H,7-10H2,1-4H3. The van der Waals surface area contributed by atoms with Gasteiger partial charge in [0.2, 0.25) is 0 Å². The van der Waals surface area contributed by atoms with Crippen molar-refractivity contribution in [1.29, 1.82) is 0 Å². The van der Waals surface area contributed by atoms with Gasteiger partial charge in [0.15, 0.2) is 0 Å². The van der Waals surface area contributed by atoms with Gasteiger partial charge in [-0.05, 0) is 44.9 Å². The lowest BCUT2D eigenvalue weighted by Crippen LogP contribution is -2.38. The van der Waals surface area contributed by atoms with E-state index in [9.17, 15) is 0 Å². The SMILES string of the molecule is COc1ccc(CCOCCNC(C)(C)C)c(Br)c1. The lowest BCUT2D eigenvalue weighted by atomic mass is 10.1. The number of methoxy groups -OCH3 is 1. The van der Waals surface area contributed by atoms with E-state index in [1.165, 1.54) is 5.56 Å². The van der Waals surface area contributed by atoms with Crippen LogP contribution in [0.15, 0.2) is 22.7 Å². The van der Waals surface area contributed by atoms with E-state index in [-0.39, 0.29) is 5.54 Å². The molecule has 0 bridgehead atoms. The van der Waals surface area contributed by atoms with Crippen molar-refractivity contribution in [1.82, 2.24) is 5.32 Å². The molecule has 3 nitrogen and oxygen atoms in total. The van der Waals surface area contributed by atoms with Gasteiger partial charge in [0, 0.05) is 16.6 Å². The molecule has 1 N–H and O–H groups in total. The fraction of sp³-hybridized carbons (Fsp3) is 0.600. The van der Waals surface area contributed by atoms with Gasteiger partial charge in [-0.3, -0.25) is 0 Å². The van der Waals surface area contributed by atoms with Crippen molar-refractivity contribution in [2.75, 3.05) is 26.9 Å². The highest BCUT2D eigenvalue weighted by molar-refractivity contribution is 9.10. The third-order valence-corrected chi connectivity index (χ3v) is 3.42. The molecule has 0 heterocycles. The van der Waals surface area contributed by atoms with Gasteiger partial charge in [0.25, 0.3) is 0 Å². The largest absolute Gasteiger partial charge is 0.497 e. The zero-order valence-corrected chi connectivity index (χ0v) is 13.8. The van der Waals surface area contributed by atoms with Crippen molar-refractivity contribution < 1.29 is 9.47 Å². The first kappa shape index (κ1) is 16.5. The van der Waals surface area contributed by atoms with Crippen LogP contribution in [0.5, 0.6) is 5.75 Å². The Hall–Kier alpha value is -0.580. The van der Waals surface area contributed by atoms with Gasteiger partial charge in [-0.2, -0.15) is 0 Å². The van der Waals surface area contributed by atoms with Crippen molar-refractivity contribution >= 4 is 15.9 Å². The second-order valence-electron chi connectivity index (χ2n) is 5.50. The predicted octanol–water partition coefficient (Wildman–Crippen LogP) is 3.40. The van der Waals surface area contributed by atoms with Crippen LogP contribution in [0.2, 0.25) is 0 Å². The molecule has 0 spiro atoms. The Labute approximate surface area is 124 Å². The zero-order chi connectivity index (χ0) is 14.3. The van der Waals surface area contributed by atoms with E-state index in [4.69, 9.17) is 9.47 Å². The van der Waals surface area contributed by atoms with Gasteiger partial charge in [-0.15, -0.1) is 0 Å². The smallest absolute Gasteiger partial charge is 0.120 e. The van der Waals surface area contributed by atoms with E-state index in [0.29, 0.717) is 0 Å². The molecule has 0 aliphatic heterocycles. The third-order valence-electron chi connectivity index (χ3n) is 2.68. The lowest BCUT2D eigenvalue weighted by molar-refractivity contribution is 0.133. The average Bonchev–Trinajstić information content (AvgIpc) is 2.33. The van der Waals surface area contributed by atoms with E-state index < -0.39 is 0 Å². The Balaban J connectivity index is 2.23. The summed E-state index contributed by atoms with van der Waals surface area (Å²) in [5, 5.41) is 3.40. The molecule has 1 rings (SSSR count). The molecule has 108 valence electrons. The topological polar surface area (TPSA) is 30.5 Å². The predicted molar refractivity (Wildman–Crippen MR) is 83.0 cm³/mol. The van der Waals surface area contributed by atoms with E-state index in [2.05, 4.69) is 48.1 Å². The van der Waals surface area contributed by atoms with Crippen LogP contribution in [0.25, 0.3) is 0 Å². The summed E-state index contributed by atoms with van der Waals surface area (Å²) >= 11 is 3.55. The number of halogens is 1. The van der Waals surface area contributed by atoms with Gasteiger partial charge in [0.1, 0.15) is 5.75 Å². The van der Waals surface area contributed by atoms with Crippen LogP contribution in [0.4, 0.5) is 0 Å². The third kappa shape index (κ3) is 6.95. The van der Waals surface area contributed by atoms with Crippen LogP contribution in [-0.2, 0) is 11.2 Å². The molecule has 1 aromatic rings. The highest BCUT2D eigenvalue weighted by atomic mass is 79.9. The minimum Gasteiger partial charge on any atom is -0.497 e. The number of ether oxygens (including phenoxy) is 2. The fourth-order valence-corrected chi connectivity index (χ4v) is 2.20. The second-order valence-corrected chi connectivity index (χ2v) is 6.35. The first-order valence-corrected chi connectivity index (χ1v) is 7.37. The summed E-state index contributed by atoms with van der Waals surface area (Å²) in [5.41, 5.74) is 1.40. The summed E-state index contributed by atoms with van der Waals surface area (Å²) in [6, 6.07) is 6.03. The highest BCUT2D eigenvalue weighted by Crippen LogP contribution is 2.23. The Morgan fingerprint density at radius 3 is 2.53 bits per heavy atom. The summed E-state index contributed by atoms with van der Waals surface area (Å²) in [6.45, 7) is 8.82. The van der Waals surface area contributed by atoms with Crippen LogP contribution >= 0.6 is 15.9 Å². The van der Waals surface area contributed by atoms with Crippen LogP contribution in [0, 0.1) is 0 Å². The summed E-state index contributed by atoms with van der Waals surface area (Å²) in [7, 11) is 1.67. The number of hydrogen-bond donors (Lipinski definition) is 1. The molecular weight excluding hydrogens is 306 g/mol. The fourth-order valence-electron chi connectivity index (χ4n) is 1.64. The van der Waals surface area contributed by atoms with Gasteiger partial charge in [-0.25, -0.2) is 0 Å². The molecule has 0 atom stereocenters. The average molecular weight is 330 g/mol. The molecule has 1 aromatic carbocycles. The van der Waals surface area contributed by atoms with Crippen molar-refractivity contribution in [3.63, 3.8) is 0 Å². The Morgan fingerprint density at radius 1 is 1.21 bits per heavy atom. The van der Waals surface area contributed by atoms with E-state index in [1.54, 1.807) is 7.11 Å². The van der Waals surface area contributed by atoms with E-state index in [1.807, 2.05) is 12.1 Å². The molecule has 0 aliphatic rings. The van der Waals surface area contributed by atoms with Crippen molar-refractivity contribution in [3.8, 4) is 5.75 Å². The van der Waals surface area contributed by atoms with Crippen molar-refractivity contribution in [3.05, 3.63) is 28.2 Å². The van der Waals surface area contributed by atoms with Gasteiger partial charge in [-0.1, -0.05) is 22.0 Å². The molecule has 0 fully saturated rings. The monoisotopic (exact) mass is 329 g/mol. The maximum absolute atomic E-state index is 5.63. The van der Waals surface area contributed by atoms with E-state index >= 15 is 0 Å². The Bertz CT molecular complexity index is 388. The summed E-state index contributed by atoms with van der Waals surface area (Å²) < 4.78 is 11.9. The van der Waals surface area contributed by atoms with Gasteiger partial charge >= 0.3 is 0 Å². The molecule has 0 saturated carbocycles. The van der Waals surface area contributed by atoms with Gasteiger partial charge < -0.3 is 14.8 Å². The number of nitrogens with one attached hydrogen (secondary N) is 1. The number of hydrogen-bond acceptors (Lipinski definition) is 3. The minimum atomic E-state index is 0.155. The Kier molecular flexibility index (Phi) is 6.83. The minimum absolute atomic E-state index is 0.155. The normalized spacial score (nSPS) is 11.6. The number of benzene rings is 1. The summed E-state index contributed by atoms with van der Waals surface area (Å²) in [5.74, 6) is 0.867. The quantitative estimate of drug-likeness (QED) is 0.777. The summed E-state index contributed by atoms with van der Waals surface area (Å²) in [4.78, 5) is 0. The van der Waals surface area contributed by atoms with Crippen LogP contribution in [-0.4, -0.2) is 32.4 Å². The molecule has 0 saturated heterocycles. The zero-order valence-electron chi connectivity index (χ0n) is 12.3. The van der Waals surface area contributed by atoms with E-state index in [0.717, 1.165) is 36.4 Å². The van der Waals surface area contributed by atoms with Crippen LogP contribution in [0.1, 0.15) is 26.3 Å². The summed E-state index contributed by atoms with van der Waals surface area (Å²) in [6.07, 6.45) is 0.903. The lowest BCUT2D eigenvalue weighted by Gasteiger charge is -2.20. The molecule has 0 radical (unpaired) electrons. The molecule has 4 heteroatoms. The van der Waals surface area contributed by atoms with Gasteiger partial charge in [0.05, 0.1) is 20.3 Å². The Morgan fingerprint density at radius 2 is 1.95 bits per heavy atom. The molecule has 0 unspecified atom stereocenters. The molecular formula is C15H24BrNO2. The van der Waals surface area contributed by atoms with Crippen molar-refractivity contribution in [2.24, 2.45) is 0 Å². The van der Waals surface area contributed by atoms with Crippen LogP contribution < -0.4 is 10.1 Å². The number of rotatable bonds is 7. The maximum atomic E-state index is 5.63. The molecule has 0 aromatic heterocycles. The highest BCUT2D eigenvalue weighted by Gasteiger charge is 2.07. The van der Waals surface area contributed by atoms with Crippen molar-refractivity contribution in [2.45, 2.75) is 32.7 Å². The first-order valence-electron chi connectivity index (χ1n) is 6.57. The molecule has 0 amide bonds. The molecule has 19 heavy (non-hydrogen) atoms.